The molecule has 0 aliphatic rings. The highest BCUT2D eigenvalue weighted by Crippen LogP contribution is 2.22. The first-order valence-corrected chi connectivity index (χ1v) is 8.28. The van der Waals surface area contributed by atoms with Crippen LogP contribution < -0.4 is 10.1 Å². The molecule has 1 N–H and O–H groups in total. The molecule has 2 aromatic rings. The summed E-state index contributed by atoms with van der Waals surface area (Å²) in [6, 6.07) is 16.5. The first-order chi connectivity index (χ1) is 9.79. The summed E-state index contributed by atoms with van der Waals surface area (Å²) >= 11 is 5.36. The van der Waals surface area contributed by atoms with E-state index in [4.69, 9.17) is 4.74 Å². The van der Waals surface area contributed by atoms with E-state index >= 15 is 0 Å². The first-order valence-electron chi connectivity index (χ1n) is 6.50. The van der Waals surface area contributed by atoms with Crippen LogP contribution in [0.1, 0.15) is 5.56 Å². The molecule has 4 heteroatoms. The maximum atomic E-state index is 5.36. The van der Waals surface area contributed by atoms with Crippen molar-refractivity contribution in [2.75, 3.05) is 19.4 Å². The molecule has 0 saturated carbocycles. The summed E-state index contributed by atoms with van der Waals surface area (Å²) < 4.78 is 6.44. The molecule has 20 heavy (non-hydrogen) atoms. The van der Waals surface area contributed by atoms with Crippen molar-refractivity contribution in [2.45, 2.75) is 11.4 Å². The number of nitrogens with one attached hydrogen (secondary N) is 1. The van der Waals surface area contributed by atoms with Crippen LogP contribution in [0.5, 0.6) is 5.75 Å². The molecule has 0 fully saturated rings. The van der Waals surface area contributed by atoms with E-state index in [9.17, 15) is 0 Å². The molecule has 0 saturated heterocycles. The lowest BCUT2D eigenvalue weighted by atomic mass is 10.2. The molecular formula is C16H18BrNOS. The van der Waals surface area contributed by atoms with Gasteiger partial charge in [-0.2, -0.15) is 0 Å². The summed E-state index contributed by atoms with van der Waals surface area (Å²) in [5, 5.41) is 3.45. The Kier molecular flexibility index (Phi) is 6.43. The molecule has 0 unspecified atom stereocenters. The fraction of sp³-hybridized carbons (Fsp3) is 0.250. The lowest BCUT2D eigenvalue weighted by molar-refractivity contribution is 0.408. The van der Waals surface area contributed by atoms with Gasteiger partial charge in [0.1, 0.15) is 5.75 Å². The summed E-state index contributed by atoms with van der Waals surface area (Å²) in [6.07, 6.45) is 0. The first kappa shape index (κ1) is 15.4. The van der Waals surface area contributed by atoms with Crippen LogP contribution in [0.25, 0.3) is 0 Å². The number of benzene rings is 2. The van der Waals surface area contributed by atoms with Crippen molar-refractivity contribution in [3.05, 3.63) is 58.6 Å². The van der Waals surface area contributed by atoms with Crippen LogP contribution in [0.3, 0.4) is 0 Å². The van der Waals surface area contributed by atoms with E-state index in [0.717, 1.165) is 29.1 Å². The van der Waals surface area contributed by atoms with Crippen LogP contribution in [0, 0.1) is 0 Å². The number of halogens is 1. The number of methoxy groups -OCH3 is 1. The standard InChI is InChI=1S/C16H18BrNOS/c1-19-16-8-7-14(17)11-13(16)12-18-9-10-20-15-5-3-2-4-6-15/h2-8,11,18H,9-10,12H2,1H3. The normalized spacial score (nSPS) is 10.5. The Labute approximate surface area is 133 Å². The van der Waals surface area contributed by atoms with E-state index in [1.807, 2.05) is 30.0 Å². The highest BCUT2D eigenvalue weighted by Gasteiger charge is 2.03. The van der Waals surface area contributed by atoms with Crippen LogP contribution in [-0.4, -0.2) is 19.4 Å². The molecule has 0 aliphatic carbocycles. The van der Waals surface area contributed by atoms with Crippen LogP contribution in [0.4, 0.5) is 0 Å². The van der Waals surface area contributed by atoms with Crippen molar-refractivity contribution in [2.24, 2.45) is 0 Å². The Morgan fingerprint density at radius 2 is 1.95 bits per heavy atom. The van der Waals surface area contributed by atoms with Gasteiger partial charge < -0.3 is 10.1 Å². The van der Waals surface area contributed by atoms with Crippen molar-refractivity contribution in [3.8, 4) is 5.75 Å². The largest absolute Gasteiger partial charge is 0.496 e. The van der Waals surface area contributed by atoms with Gasteiger partial charge in [-0.05, 0) is 30.3 Å². The molecule has 0 aromatic heterocycles. The van der Waals surface area contributed by atoms with Gasteiger partial charge in [-0.25, -0.2) is 0 Å². The fourth-order valence-electron chi connectivity index (χ4n) is 1.87. The summed E-state index contributed by atoms with van der Waals surface area (Å²) in [6.45, 7) is 1.78. The minimum absolute atomic E-state index is 0.817. The van der Waals surface area contributed by atoms with Crippen LogP contribution in [0.2, 0.25) is 0 Å². The second kappa shape index (κ2) is 8.35. The minimum Gasteiger partial charge on any atom is -0.496 e. The highest BCUT2D eigenvalue weighted by atomic mass is 79.9. The summed E-state index contributed by atoms with van der Waals surface area (Å²) in [7, 11) is 1.71. The van der Waals surface area contributed by atoms with E-state index in [1.54, 1.807) is 7.11 Å². The number of ether oxygens (including phenoxy) is 1. The van der Waals surface area contributed by atoms with Gasteiger partial charge in [0.2, 0.25) is 0 Å². The minimum atomic E-state index is 0.817. The third-order valence-electron chi connectivity index (χ3n) is 2.85. The van der Waals surface area contributed by atoms with E-state index in [2.05, 4.69) is 51.6 Å². The van der Waals surface area contributed by atoms with Crippen molar-refractivity contribution >= 4 is 27.7 Å². The third kappa shape index (κ3) is 4.85. The van der Waals surface area contributed by atoms with Crippen LogP contribution >= 0.6 is 27.7 Å². The van der Waals surface area contributed by atoms with E-state index < -0.39 is 0 Å². The zero-order valence-electron chi connectivity index (χ0n) is 11.4. The highest BCUT2D eigenvalue weighted by molar-refractivity contribution is 9.10. The van der Waals surface area contributed by atoms with Crippen molar-refractivity contribution < 1.29 is 4.74 Å². The van der Waals surface area contributed by atoms with Gasteiger partial charge >= 0.3 is 0 Å². The topological polar surface area (TPSA) is 21.3 Å². The third-order valence-corrected chi connectivity index (χ3v) is 4.36. The van der Waals surface area contributed by atoms with Gasteiger partial charge in [-0.3, -0.25) is 0 Å². The smallest absolute Gasteiger partial charge is 0.123 e. The van der Waals surface area contributed by atoms with Gasteiger partial charge in [-0.1, -0.05) is 34.1 Å². The van der Waals surface area contributed by atoms with Crippen molar-refractivity contribution in [1.29, 1.82) is 0 Å². The zero-order chi connectivity index (χ0) is 14.2. The quantitative estimate of drug-likeness (QED) is 0.592. The second-order valence-electron chi connectivity index (χ2n) is 4.29. The zero-order valence-corrected chi connectivity index (χ0v) is 13.8. The molecule has 0 radical (unpaired) electrons. The predicted molar refractivity (Wildman–Crippen MR) is 89.6 cm³/mol. The predicted octanol–water partition coefficient (Wildman–Crippen LogP) is 4.34. The molecule has 2 rings (SSSR count). The molecule has 0 bridgehead atoms. The Hall–Kier alpha value is -0.970. The molecule has 0 spiro atoms. The summed E-state index contributed by atoms with van der Waals surface area (Å²) in [4.78, 5) is 1.31. The molecule has 2 nitrogen and oxygen atoms in total. The number of thioether (sulfide) groups is 1. The van der Waals surface area contributed by atoms with Crippen molar-refractivity contribution in [3.63, 3.8) is 0 Å². The Bertz CT molecular complexity index is 533. The molecule has 2 aromatic carbocycles. The lowest BCUT2D eigenvalue weighted by Crippen LogP contribution is -2.17. The van der Waals surface area contributed by atoms with Gasteiger partial charge in [-0.15, -0.1) is 11.8 Å². The van der Waals surface area contributed by atoms with E-state index in [-0.39, 0.29) is 0 Å². The Balaban J connectivity index is 1.75. The van der Waals surface area contributed by atoms with Crippen molar-refractivity contribution in [1.82, 2.24) is 5.32 Å². The molecule has 0 aliphatic heterocycles. The Morgan fingerprint density at radius 1 is 1.15 bits per heavy atom. The maximum absolute atomic E-state index is 5.36. The lowest BCUT2D eigenvalue weighted by Gasteiger charge is -2.10. The number of hydrogen-bond acceptors (Lipinski definition) is 3. The molecular weight excluding hydrogens is 334 g/mol. The number of hydrogen-bond donors (Lipinski definition) is 1. The van der Waals surface area contributed by atoms with E-state index in [0.29, 0.717) is 0 Å². The summed E-state index contributed by atoms with van der Waals surface area (Å²) in [5.74, 6) is 1.98. The molecule has 0 heterocycles. The monoisotopic (exact) mass is 351 g/mol. The Morgan fingerprint density at radius 3 is 2.70 bits per heavy atom. The molecule has 0 atom stereocenters. The van der Waals surface area contributed by atoms with Crippen LogP contribution in [0.15, 0.2) is 57.9 Å². The molecule has 0 amide bonds. The molecule has 106 valence electrons. The second-order valence-corrected chi connectivity index (χ2v) is 6.38. The number of rotatable bonds is 7. The van der Waals surface area contributed by atoms with Gasteiger partial charge in [0, 0.05) is 33.8 Å². The fourth-order valence-corrected chi connectivity index (χ4v) is 3.11. The van der Waals surface area contributed by atoms with Gasteiger partial charge in [0.05, 0.1) is 7.11 Å². The average molecular weight is 352 g/mol. The van der Waals surface area contributed by atoms with Gasteiger partial charge in [0.25, 0.3) is 0 Å². The van der Waals surface area contributed by atoms with Gasteiger partial charge in [0.15, 0.2) is 0 Å². The summed E-state index contributed by atoms with van der Waals surface area (Å²) in [5.41, 5.74) is 1.17. The SMILES string of the molecule is COc1ccc(Br)cc1CNCCSc1ccccc1. The van der Waals surface area contributed by atoms with Crippen LogP contribution in [-0.2, 0) is 6.54 Å². The van der Waals surface area contributed by atoms with E-state index in [1.165, 1.54) is 10.5 Å². The average Bonchev–Trinajstić information content (AvgIpc) is 2.48. The maximum Gasteiger partial charge on any atom is 0.123 e.